The van der Waals surface area contributed by atoms with Gasteiger partial charge in [-0.05, 0) is 36.4 Å². The standard InChI is InChI=1S/C17H15N5O/c1-21-9-7-12-10-13(5-6-14(12)21)17(23)18-11-16-20-19-15-4-2-3-8-22(15)16/h2-10H,11H2,1H3,(H,18,23). The summed E-state index contributed by atoms with van der Waals surface area (Å²) in [6, 6.07) is 13.4. The van der Waals surface area contributed by atoms with Gasteiger partial charge in [0.05, 0.1) is 6.54 Å². The van der Waals surface area contributed by atoms with Crippen molar-refractivity contribution in [1.29, 1.82) is 0 Å². The molecule has 1 aromatic carbocycles. The minimum atomic E-state index is -0.122. The van der Waals surface area contributed by atoms with E-state index in [0.29, 0.717) is 17.9 Å². The molecule has 1 amide bonds. The molecule has 3 heterocycles. The zero-order valence-corrected chi connectivity index (χ0v) is 12.6. The number of hydrogen-bond acceptors (Lipinski definition) is 3. The van der Waals surface area contributed by atoms with E-state index in [0.717, 1.165) is 16.6 Å². The minimum absolute atomic E-state index is 0.122. The van der Waals surface area contributed by atoms with E-state index in [1.165, 1.54) is 0 Å². The van der Waals surface area contributed by atoms with Gasteiger partial charge in [-0.25, -0.2) is 0 Å². The molecular formula is C17H15N5O. The van der Waals surface area contributed by atoms with Crippen molar-refractivity contribution >= 4 is 22.5 Å². The minimum Gasteiger partial charge on any atom is -0.351 e. The molecule has 0 aliphatic heterocycles. The average molecular weight is 305 g/mol. The van der Waals surface area contributed by atoms with Gasteiger partial charge in [-0.15, -0.1) is 10.2 Å². The van der Waals surface area contributed by atoms with E-state index in [9.17, 15) is 4.79 Å². The molecular weight excluding hydrogens is 290 g/mol. The van der Waals surface area contributed by atoms with Crippen LogP contribution in [0, 0.1) is 0 Å². The van der Waals surface area contributed by atoms with Crippen LogP contribution in [-0.4, -0.2) is 25.1 Å². The number of nitrogens with zero attached hydrogens (tertiary/aromatic N) is 4. The summed E-state index contributed by atoms with van der Waals surface area (Å²) in [5.41, 5.74) is 2.50. The van der Waals surface area contributed by atoms with Gasteiger partial charge in [0.2, 0.25) is 0 Å². The number of aromatic nitrogens is 4. The van der Waals surface area contributed by atoms with Gasteiger partial charge in [0.25, 0.3) is 5.91 Å². The van der Waals surface area contributed by atoms with Crippen molar-refractivity contribution in [3.8, 4) is 0 Å². The molecule has 4 aromatic rings. The normalized spacial score (nSPS) is 11.2. The number of carbonyl (C=O) groups is 1. The smallest absolute Gasteiger partial charge is 0.251 e. The summed E-state index contributed by atoms with van der Waals surface area (Å²) in [6.07, 6.45) is 3.86. The SMILES string of the molecule is Cn1ccc2cc(C(=O)NCc3nnc4ccccn34)ccc21. The highest BCUT2D eigenvalue weighted by atomic mass is 16.1. The van der Waals surface area contributed by atoms with Crippen LogP contribution in [0.3, 0.4) is 0 Å². The van der Waals surface area contributed by atoms with E-state index in [-0.39, 0.29) is 5.91 Å². The van der Waals surface area contributed by atoms with Crippen molar-refractivity contribution in [2.45, 2.75) is 6.54 Å². The zero-order chi connectivity index (χ0) is 15.8. The third kappa shape index (κ3) is 2.34. The summed E-state index contributed by atoms with van der Waals surface area (Å²) in [5.74, 6) is 0.582. The molecule has 3 aromatic heterocycles. The lowest BCUT2D eigenvalue weighted by Gasteiger charge is -2.05. The van der Waals surface area contributed by atoms with Gasteiger partial charge in [-0.1, -0.05) is 6.07 Å². The first-order chi connectivity index (χ1) is 11.2. The quantitative estimate of drug-likeness (QED) is 0.631. The molecule has 0 saturated heterocycles. The summed E-state index contributed by atoms with van der Waals surface area (Å²) in [7, 11) is 1.98. The van der Waals surface area contributed by atoms with Crippen LogP contribution in [-0.2, 0) is 13.6 Å². The lowest BCUT2D eigenvalue weighted by molar-refractivity contribution is 0.0950. The molecule has 114 valence electrons. The molecule has 0 fully saturated rings. The summed E-state index contributed by atoms with van der Waals surface area (Å²) in [5, 5.41) is 12.1. The molecule has 0 bridgehead atoms. The first kappa shape index (κ1) is 13.5. The number of fused-ring (bicyclic) bond motifs is 2. The van der Waals surface area contributed by atoms with Crippen LogP contribution in [0.4, 0.5) is 0 Å². The molecule has 0 spiro atoms. The van der Waals surface area contributed by atoms with Gasteiger partial charge in [-0.2, -0.15) is 0 Å². The number of benzene rings is 1. The van der Waals surface area contributed by atoms with Crippen molar-refractivity contribution in [2.75, 3.05) is 0 Å². The van der Waals surface area contributed by atoms with Crippen LogP contribution < -0.4 is 5.32 Å². The first-order valence-electron chi connectivity index (χ1n) is 7.34. The summed E-state index contributed by atoms with van der Waals surface area (Å²) >= 11 is 0. The van der Waals surface area contributed by atoms with E-state index in [4.69, 9.17) is 0 Å². The van der Waals surface area contributed by atoms with Gasteiger partial charge in [0.15, 0.2) is 11.5 Å². The van der Waals surface area contributed by atoms with Crippen LogP contribution in [0.25, 0.3) is 16.6 Å². The Bertz CT molecular complexity index is 1010. The van der Waals surface area contributed by atoms with Crippen LogP contribution >= 0.6 is 0 Å². The Balaban J connectivity index is 1.54. The Morgan fingerprint density at radius 3 is 2.96 bits per heavy atom. The molecule has 6 heteroatoms. The molecule has 0 atom stereocenters. The van der Waals surface area contributed by atoms with Crippen molar-refractivity contribution < 1.29 is 4.79 Å². The fourth-order valence-corrected chi connectivity index (χ4v) is 2.70. The molecule has 1 N–H and O–H groups in total. The summed E-state index contributed by atoms with van der Waals surface area (Å²) < 4.78 is 3.89. The maximum absolute atomic E-state index is 12.4. The predicted molar refractivity (Wildman–Crippen MR) is 87.1 cm³/mol. The maximum Gasteiger partial charge on any atom is 0.251 e. The number of rotatable bonds is 3. The Morgan fingerprint density at radius 2 is 2.04 bits per heavy atom. The number of amides is 1. The van der Waals surface area contributed by atoms with Crippen molar-refractivity contribution in [3.63, 3.8) is 0 Å². The number of carbonyl (C=O) groups excluding carboxylic acids is 1. The molecule has 0 unspecified atom stereocenters. The molecule has 23 heavy (non-hydrogen) atoms. The van der Waals surface area contributed by atoms with Crippen LogP contribution in [0.5, 0.6) is 0 Å². The number of aryl methyl sites for hydroxylation is 1. The van der Waals surface area contributed by atoms with Crippen LogP contribution in [0.2, 0.25) is 0 Å². The first-order valence-corrected chi connectivity index (χ1v) is 7.34. The van der Waals surface area contributed by atoms with Gasteiger partial charge in [0.1, 0.15) is 0 Å². The molecule has 6 nitrogen and oxygen atoms in total. The fourth-order valence-electron chi connectivity index (χ4n) is 2.70. The van der Waals surface area contributed by atoms with Gasteiger partial charge >= 0.3 is 0 Å². The van der Waals surface area contributed by atoms with E-state index >= 15 is 0 Å². The van der Waals surface area contributed by atoms with Crippen LogP contribution in [0.1, 0.15) is 16.2 Å². The largest absolute Gasteiger partial charge is 0.351 e. The second-order valence-corrected chi connectivity index (χ2v) is 5.43. The summed E-state index contributed by atoms with van der Waals surface area (Å²) in [4.78, 5) is 12.4. The third-order valence-electron chi connectivity index (χ3n) is 3.94. The highest BCUT2D eigenvalue weighted by Gasteiger charge is 2.10. The second kappa shape index (κ2) is 5.24. The van der Waals surface area contributed by atoms with Crippen LogP contribution in [0.15, 0.2) is 54.9 Å². The molecule has 4 rings (SSSR count). The zero-order valence-electron chi connectivity index (χ0n) is 12.6. The number of nitrogens with one attached hydrogen (secondary N) is 1. The topological polar surface area (TPSA) is 64.2 Å². The highest BCUT2D eigenvalue weighted by Crippen LogP contribution is 2.16. The lowest BCUT2D eigenvalue weighted by atomic mass is 10.1. The van der Waals surface area contributed by atoms with Gasteiger partial charge in [0, 0.05) is 35.9 Å². The Kier molecular flexibility index (Phi) is 3.08. The molecule has 0 aliphatic rings. The van der Waals surface area contributed by atoms with E-state index in [1.807, 2.05) is 70.9 Å². The monoisotopic (exact) mass is 305 g/mol. The van der Waals surface area contributed by atoms with E-state index in [2.05, 4.69) is 15.5 Å². The second-order valence-electron chi connectivity index (χ2n) is 5.43. The number of pyridine rings is 1. The maximum atomic E-state index is 12.4. The average Bonchev–Trinajstić information content (AvgIpc) is 3.16. The highest BCUT2D eigenvalue weighted by molar-refractivity contribution is 5.98. The fraction of sp³-hybridized carbons (Fsp3) is 0.118. The predicted octanol–water partition coefficient (Wildman–Crippen LogP) is 2.15. The third-order valence-corrected chi connectivity index (χ3v) is 3.94. The lowest BCUT2D eigenvalue weighted by Crippen LogP contribution is -2.23. The van der Waals surface area contributed by atoms with E-state index in [1.54, 1.807) is 0 Å². The van der Waals surface area contributed by atoms with E-state index < -0.39 is 0 Å². The Morgan fingerprint density at radius 1 is 1.13 bits per heavy atom. The molecule has 0 aliphatic carbocycles. The van der Waals surface area contributed by atoms with Crippen molar-refractivity contribution in [2.24, 2.45) is 7.05 Å². The molecule has 0 radical (unpaired) electrons. The Hall–Kier alpha value is -3.15. The number of hydrogen-bond donors (Lipinski definition) is 1. The van der Waals surface area contributed by atoms with Crippen molar-refractivity contribution in [3.05, 3.63) is 66.2 Å². The molecule has 0 saturated carbocycles. The van der Waals surface area contributed by atoms with Crippen molar-refractivity contribution in [1.82, 2.24) is 24.5 Å². The Labute approximate surface area is 132 Å². The van der Waals surface area contributed by atoms with Gasteiger partial charge in [-0.3, -0.25) is 9.20 Å². The van der Waals surface area contributed by atoms with Gasteiger partial charge < -0.3 is 9.88 Å². The summed E-state index contributed by atoms with van der Waals surface area (Å²) in [6.45, 7) is 0.330.